The third-order valence-corrected chi connectivity index (χ3v) is 11.0. The number of amides is 3. The monoisotopic (exact) mass is 615 g/mol. The summed E-state index contributed by atoms with van der Waals surface area (Å²) in [6.45, 7) is 5.55. The standard InChI is InChI=1S/C26H37N11O5S/c1-11-20-19(12(2)31-18(38)9-36-10-30-33-34-36)24(40)37(20)21(25(41)42)22(11)43-16-5-17(29-6-16)23(39)35-7-13-3-15(32-26(27)28)4-14(13)8-35/h10-17,19-20,29H,3-9H2,1-2H3,(H,31,38)(H,41,42)(H4,27,28,32)/t11-,12?,13?,14?,15?,16?,17+,19-,20-/m1/s1. The first-order chi connectivity index (χ1) is 20.5. The maximum Gasteiger partial charge on any atom is 0.353 e. The molecular weight excluding hydrogens is 578 g/mol. The van der Waals surface area contributed by atoms with E-state index in [1.807, 2.05) is 11.8 Å². The van der Waals surface area contributed by atoms with Gasteiger partial charge in [0.15, 0.2) is 5.96 Å². The topological polar surface area (TPSA) is 227 Å². The Morgan fingerprint density at radius 1 is 1.23 bits per heavy atom. The lowest BCUT2D eigenvalue weighted by Crippen LogP contribution is -2.66. The van der Waals surface area contributed by atoms with Crippen LogP contribution in [-0.4, -0.2) is 114 Å². The number of hydrogen-bond acceptors (Lipinski definition) is 10. The molecule has 17 heteroatoms. The summed E-state index contributed by atoms with van der Waals surface area (Å²) >= 11 is 1.45. The Labute approximate surface area is 252 Å². The van der Waals surface area contributed by atoms with E-state index in [9.17, 15) is 24.3 Å². The molecule has 0 spiro atoms. The number of carbonyl (C=O) groups excluding carboxylic acids is 3. The van der Waals surface area contributed by atoms with E-state index in [-0.39, 0.29) is 65.2 Å². The zero-order valence-electron chi connectivity index (χ0n) is 24.0. The van der Waals surface area contributed by atoms with Gasteiger partial charge in [-0.1, -0.05) is 6.92 Å². The molecule has 5 heterocycles. The zero-order valence-corrected chi connectivity index (χ0v) is 24.8. The summed E-state index contributed by atoms with van der Waals surface area (Å²) in [4.78, 5) is 59.7. The number of rotatable bonds is 9. The summed E-state index contributed by atoms with van der Waals surface area (Å²) in [6.07, 6.45) is 3.65. The number of carbonyl (C=O) groups is 4. The number of nitrogens with one attached hydrogen (secondary N) is 2. The van der Waals surface area contributed by atoms with Crippen molar-refractivity contribution in [3.05, 3.63) is 16.9 Å². The second-order valence-electron chi connectivity index (χ2n) is 12.3. The van der Waals surface area contributed by atoms with Crippen molar-refractivity contribution in [3.8, 4) is 0 Å². The van der Waals surface area contributed by atoms with Gasteiger partial charge >= 0.3 is 5.97 Å². The molecule has 3 saturated heterocycles. The minimum Gasteiger partial charge on any atom is -0.477 e. The van der Waals surface area contributed by atoms with Gasteiger partial charge in [0.2, 0.25) is 17.7 Å². The number of fused-ring (bicyclic) bond motifs is 2. The number of thioether (sulfide) groups is 1. The normalized spacial score (nSPS) is 33.7. The number of tetrazole rings is 1. The molecule has 4 aliphatic heterocycles. The van der Waals surface area contributed by atoms with E-state index >= 15 is 0 Å². The van der Waals surface area contributed by atoms with Gasteiger partial charge in [-0.15, -0.1) is 16.9 Å². The molecule has 4 fully saturated rings. The zero-order chi connectivity index (χ0) is 30.6. The molecular formula is C26H37N11O5S. The number of nitrogens with zero attached hydrogens (tertiary/aromatic N) is 7. The van der Waals surface area contributed by atoms with Gasteiger partial charge in [-0.3, -0.25) is 19.4 Å². The maximum absolute atomic E-state index is 13.4. The van der Waals surface area contributed by atoms with Crippen LogP contribution in [0.2, 0.25) is 0 Å². The average Bonchev–Trinajstić information content (AvgIpc) is 3.74. The number of aromatic nitrogens is 4. The summed E-state index contributed by atoms with van der Waals surface area (Å²) in [5.41, 5.74) is 11.1. The largest absolute Gasteiger partial charge is 0.477 e. The fourth-order valence-electron chi connectivity index (χ4n) is 7.63. The molecule has 1 aromatic rings. The van der Waals surface area contributed by atoms with E-state index < -0.39 is 17.9 Å². The Hall–Kier alpha value is -3.73. The molecule has 0 bridgehead atoms. The van der Waals surface area contributed by atoms with Crippen molar-refractivity contribution in [3.63, 3.8) is 0 Å². The second-order valence-corrected chi connectivity index (χ2v) is 13.6. The average molecular weight is 616 g/mol. The van der Waals surface area contributed by atoms with Crippen molar-refractivity contribution in [2.24, 2.45) is 40.1 Å². The molecule has 232 valence electrons. The molecule has 1 aromatic heterocycles. The number of aliphatic carboxylic acids is 1. The highest BCUT2D eigenvalue weighted by molar-refractivity contribution is 8.03. The molecule has 7 N–H and O–H groups in total. The Balaban J connectivity index is 1.05. The van der Waals surface area contributed by atoms with Crippen LogP contribution in [0.15, 0.2) is 21.9 Å². The van der Waals surface area contributed by atoms with E-state index in [4.69, 9.17) is 11.5 Å². The van der Waals surface area contributed by atoms with Crippen LogP contribution in [0.4, 0.5) is 0 Å². The summed E-state index contributed by atoms with van der Waals surface area (Å²) in [5.74, 6) is -1.63. The van der Waals surface area contributed by atoms with Crippen LogP contribution in [0.25, 0.3) is 0 Å². The van der Waals surface area contributed by atoms with Gasteiger partial charge in [-0.05, 0) is 48.4 Å². The number of carboxylic acid groups (broad SMARTS) is 1. The number of guanidine groups is 1. The molecule has 5 aliphatic rings. The molecule has 6 rings (SSSR count). The first-order valence-electron chi connectivity index (χ1n) is 14.6. The quantitative estimate of drug-likeness (QED) is 0.115. The number of likely N-dealkylation sites (tertiary alicyclic amines) is 1. The molecule has 8 atom stereocenters. The minimum atomic E-state index is -1.15. The van der Waals surface area contributed by atoms with Crippen LogP contribution in [0, 0.1) is 23.7 Å². The third-order valence-electron chi connectivity index (χ3n) is 9.47. The first kappa shape index (κ1) is 29.3. The van der Waals surface area contributed by atoms with E-state index in [1.165, 1.54) is 27.7 Å². The summed E-state index contributed by atoms with van der Waals surface area (Å²) < 4.78 is 1.28. The van der Waals surface area contributed by atoms with Gasteiger partial charge in [-0.2, -0.15) is 0 Å². The highest BCUT2D eigenvalue weighted by Gasteiger charge is 2.60. The van der Waals surface area contributed by atoms with Gasteiger partial charge in [0.05, 0.1) is 24.0 Å². The van der Waals surface area contributed by atoms with Gasteiger partial charge < -0.3 is 37.0 Å². The molecule has 16 nitrogen and oxygen atoms in total. The Bertz CT molecular complexity index is 1350. The van der Waals surface area contributed by atoms with Gasteiger partial charge in [-0.25, -0.2) is 9.48 Å². The lowest BCUT2D eigenvalue weighted by Gasteiger charge is -2.47. The number of carboxylic acids is 1. The third kappa shape index (κ3) is 5.43. The Morgan fingerprint density at radius 2 is 1.95 bits per heavy atom. The number of nitrogens with two attached hydrogens (primary N) is 2. The molecule has 1 aliphatic carbocycles. The lowest BCUT2D eigenvalue weighted by atomic mass is 9.78. The number of aliphatic imine (C=N–C) groups is 1. The highest BCUT2D eigenvalue weighted by Crippen LogP contribution is 2.52. The van der Waals surface area contributed by atoms with E-state index in [2.05, 4.69) is 31.2 Å². The van der Waals surface area contributed by atoms with E-state index in [0.717, 1.165) is 12.8 Å². The van der Waals surface area contributed by atoms with E-state index in [0.29, 0.717) is 42.8 Å². The van der Waals surface area contributed by atoms with Crippen LogP contribution >= 0.6 is 11.8 Å². The van der Waals surface area contributed by atoms with Crippen molar-refractivity contribution in [2.45, 2.75) is 69.1 Å². The summed E-state index contributed by atoms with van der Waals surface area (Å²) in [7, 11) is 0. The Morgan fingerprint density at radius 3 is 2.58 bits per heavy atom. The maximum atomic E-state index is 13.4. The predicted octanol–water partition coefficient (Wildman–Crippen LogP) is -2.08. The van der Waals surface area contributed by atoms with Crippen molar-refractivity contribution < 1.29 is 24.3 Å². The molecule has 3 amide bonds. The second kappa shape index (κ2) is 11.4. The molecule has 4 unspecified atom stereocenters. The molecule has 43 heavy (non-hydrogen) atoms. The fourth-order valence-corrected chi connectivity index (χ4v) is 9.11. The lowest BCUT2D eigenvalue weighted by molar-refractivity contribution is -0.158. The number of hydrogen-bond donors (Lipinski definition) is 5. The smallest absolute Gasteiger partial charge is 0.353 e. The van der Waals surface area contributed by atoms with Crippen LogP contribution in [0.3, 0.4) is 0 Å². The van der Waals surface area contributed by atoms with Crippen molar-refractivity contribution in [1.29, 1.82) is 0 Å². The van der Waals surface area contributed by atoms with Gasteiger partial charge in [0, 0.05) is 41.7 Å². The van der Waals surface area contributed by atoms with Crippen LogP contribution in [-0.2, 0) is 25.7 Å². The SMILES string of the molecule is CC(NC(=O)Cn1cnnn1)[C@H]1C(=O)N2C(C(=O)O)=C(SC3CN[C@H](C(=O)N4CC5CC(N=C(N)N)CC5C4)C3)[C@H](C)[C@H]12. The molecule has 1 saturated carbocycles. The fraction of sp³-hybridized carbons (Fsp3) is 0.692. The van der Waals surface area contributed by atoms with Gasteiger partial charge in [0.1, 0.15) is 18.6 Å². The van der Waals surface area contributed by atoms with Crippen LogP contribution in [0.5, 0.6) is 0 Å². The van der Waals surface area contributed by atoms with Crippen molar-refractivity contribution in [1.82, 2.24) is 40.6 Å². The Kier molecular flexibility index (Phi) is 7.78. The van der Waals surface area contributed by atoms with Gasteiger partial charge in [0.25, 0.3) is 0 Å². The number of β-lactam (4-membered cyclic amide) rings is 1. The highest BCUT2D eigenvalue weighted by atomic mass is 32.2. The molecule has 0 radical (unpaired) electrons. The van der Waals surface area contributed by atoms with Crippen molar-refractivity contribution >= 4 is 41.4 Å². The first-order valence-corrected chi connectivity index (χ1v) is 15.5. The van der Waals surface area contributed by atoms with Crippen LogP contribution < -0.4 is 22.1 Å². The summed E-state index contributed by atoms with van der Waals surface area (Å²) in [5, 5.41) is 27.0. The van der Waals surface area contributed by atoms with Crippen molar-refractivity contribution in [2.75, 3.05) is 19.6 Å². The van der Waals surface area contributed by atoms with E-state index in [1.54, 1.807) is 6.92 Å². The van der Waals surface area contributed by atoms with Crippen LogP contribution in [0.1, 0.15) is 33.1 Å². The summed E-state index contributed by atoms with van der Waals surface area (Å²) in [6, 6.07) is -1.09. The predicted molar refractivity (Wildman–Crippen MR) is 154 cm³/mol. The molecule has 0 aromatic carbocycles. The minimum absolute atomic E-state index is 0.00782.